The van der Waals surface area contributed by atoms with Crippen LogP contribution in [0, 0.1) is 5.82 Å². The number of benzene rings is 1. The Labute approximate surface area is 194 Å². The molecule has 0 bridgehead atoms. The summed E-state index contributed by atoms with van der Waals surface area (Å²) in [5, 5.41) is 14.0. The second-order valence-electron chi connectivity index (χ2n) is 8.80. The number of oxime groups is 1. The van der Waals surface area contributed by atoms with Crippen molar-refractivity contribution in [3.05, 3.63) is 58.7 Å². The molecule has 1 aromatic heterocycles. The van der Waals surface area contributed by atoms with Gasteiger partial charge in [0.25, 0.3) is 0 Å². The molecule has 33 heavy (non-hydrogen) atoms. The summed E-state index contributed by atoms with van der Waals surface area (Å²) in [6.07, 6.45) is 4.36. The molecule has 176 valence electrons. The number of carbonyl (C=O) groups is 1. The van der Waals surface area contributed by atoms with Crippen molar-refractivity contribution >= 4 is 18.3 Å². The Morgan fingerprint density at radius 1 is 1.15 bits per heavy atom. The molecule has 0 unspecified atom stereocenters. The van der Waals surface area contributed by atoms with Gasteiger partial charge in [-0.2, -0.15) is 0 Å². The molecular formula is C26H31FN2O4. The highest BCUT2D eigenvalue weighted by atomic mass is 19.1. The summed E-state index contributed by atoms with van der Waals surface area (Å²) >= 11 is 0. The fourth-order valence-corrected chi connectivity index (χ4v) is 3.99. The molecule has 2 heterocycles. The number of aliphatic hydroxyl groups is 1. The van der Waals surface area contributed by atoms with Gasteiger partial charge in [0.1, 0.15) is 19.0 Å². The molecule has 2 atom stereocenters. The zero-order valence-electron chi connectivity index (χ0n) is 19.7. The van der Waals surface area contributed by atoms with Crippen molar-refractivity contribution in [1.29, 1.82) is 0 Å². The van der Waals surface area contributed by atoms with Crippen LogP contribution in [0.1, 0.15) is 74.9 Å². The fourth-order valence-electron chi connectivity index (χ4n) is 3.99. The minimum Gasteiger partial charge on any atom is -0.458 e. The molecule has 1 aliphatic heterocycles. The number of hydrogen-bond donors (Lipinski definition) is 1. The number of aromatic nitrogens is 1. The lowest BCUT2D eigenvalue weighted by Gasteiger charge is -2.24. The highest BCUT2D eigenvalue weighted by Crippen LogP contribution is 2.37. The van der Waals surface area contributed by atoms with Crippen LogP contribution in [0.25, 0.3) is 17.2 Å². The third-order valence-corrected chi connectivity index (χ3v) is 5.51. The Kier molecular flexibility index (Phi) is 7.97. The number of halogens is 1. The molecule has 3 rings (SSSR count). The Morgan fingerprint density at radius 3 is 2.36 bits per heavy atom. The van der Waals surface area contributed by atoms with E-state index in [4.69, 9.17) is 14.6 Å². The van der Waals surface area contributed by atoms with E-state index in [9.17, 15) is 14.3 Å². The van der Waals surface area contributed by atoms with Crippen LogP contribution in [0.15, 0.2) is 35.5 Å². The van der Waals surface area contributed by atoms with Crippen LogP contribution in [0.3, 0.4) is 0 Å². The molecule has 7 heteroatoms. The number of ether oxygens (including phenoxy) is 1. The third kappa shape index (κ3) is 5.85. The first-order valence-corrected chi connectivity index (χ1v) is 11.2. The average Bonchev–Trinajstić information content (AvgIpc) is 2.75. The molecule has 1 N–H and O–H groups in total. The van der Waals surface area contributed by atoms with E-state index in [1.165, 1.54) is 19.2 Å². The molecule has 0 spiro atoms. The molecule has 0 aliphatic carbocycles. The number of hydrogen-bond acceptors (Lipinski definition) is 6. The van der Waals surface area contributed by atoms with Gasteiger partial charge < -0.3 is 14.7 Å². The lowest BCUT2D eigenvalue weighted by Crippen LogP contribution is -2.31. The number of aliphatic hydroxyl groups excluding tert-OH is 1. The SMILES string of the molecule is CON=Cc1c(C(C)C)nc(C(C)C)c(/C=C/[C@H]2C[C@H](O)CC(=O)O2)c1-c1ccc(F)cc1. The van der Waals surface area contributed by atoms with Crippen LogP contribution >= 0.6 is 0 Å². The molecule has 1 aliphatic rings. The van der Waals surface area contributed by atoms with Crippen molar-refractivity contribution in [2.75, 3.05) is 7.11 Å². The van der Waals surface area contributed by atoms with Crippen LogP contribution in [0.4, 0.5) is 4.39 Å². The highest BCUT2D eigenvalue weighted by Gasteiger charge is 2.26. The van der Waals surface area contributed by atoms with E-state index in [1.807, 2.05) is 6.08 Å². The van der Waals surface area contributed by atoms with Crippen LogP contribution < -0.4 is 0 Å². The third-order valence-electron chi connectivity index (χ3n) is 5.51. The van der Waals surface area contributed by atoms with E-state index in [0.717, 1.165) is 33.6 Å². The summed E-state index contributed by atoms with van der Waals surface area (Å²) in [5.74, 6) is -0.553. The van der Waals surface area contributed by atoms with Crippen molar-refractivity contribution in [3.63, 3.8) is 0 Å². The first-order chi connectivity index (χ1) is 15.7. The summed E-state index contributed by atoms with van der Waals surface area (Å²) in [7, 11) is 1.47. The summed E-state index contributed by atoms with van der Waals surface area (Å²) in [4.78, 5) is 21.7. The largest absolute Gasteiger partial charge is 0.458 e. The topological polar surface area (TPSA) is 81.0 Å². The lowest BCUT2D eigenvalue weighted by molar-refractivity contribution is -0.156. The molecule has 2 aromatic rings. The molecule has 1 aromatic carbocycles. The van der Waals surface area contributed by atoms with Gasteiger partial charge in [0, 0.05) is 23.1 Å². The Balaban J connectivity index is 2.28. The van der Waals surface area contributed by atoms with Gasteiger partial charge in [-0.15, -0.1) is 0 Å². The van der Waals surface area contributed by atoms with Crippen LogP contribution in [-0.2, 0) is 14.4 Å². The van der Waals surface area contributed by atoms with Gasteiger partial charge in [0.2, 0.25) is 0 Å². The van der Waals surface area contributed by atoms with Crippen molar-refractivity contribution < 1.29 is 23.9 Å². The van der Waals surface area contributed by atoms with Gasteiger partial charge in [-0.05, 0) is 35.6 Å². The van der Waals surface area contributed by atoms with E-state index < -0.39 is 18.2 Å². The van der Waals surface area contributed by atoms with Gasteiger partial charge in [0.05, 0.1) is 30.1 Å². The fraction of sp³-hybridized carbons (Fsp3) is 0.423. The monoisotopic (exact) mass is 454 g/mol. The number of cyclic esters (lactones) is 1. The van der Waals surface area contributed by atoms with Crippen molar-refractivity contribution in [1.82, 2.24) is 4.98 Å². The predicted molar refractivity (Wildman–Crippen MR) is 127 cm³/mol. The summed E-state index contributed by atoms with van der Waals surface area (Å²) in [6.45, 7) is 8.24. The number of nitrogens with zero attached hydrogens (tertiary/aromatic N) is 2. The summed E-state index contributed by atoms with van der Waals surface area (Å²) in [6, 6.07) is 6.29. The van der Waals surface area contributed by atoms with Gasteiger partial charge in [0.15, 0.2) is 0 Å². The van der Waals surface area contributed by atoms with Crippen molar-refractivity contribution in [2.45, 2.75) is 64.6 Å². The van der Waals surface area contributed by atoms with E-state index in [0.29, 0.717) is 6.42 Å². The Morgan fingerprint density at radius 2 is 1.79 bits per heavy atom. The maximum atomic E-state index is 13.7. The summed E-state index contributed by atoms with van der Waals surface area (Å²) in [5.41, 5.74) is 4.98. The smallest absolute Gasteiger partial charge is 0.309 e. The van der Waals surface area contributed by atoms with Crippen LogP contribution in [0.2, 0.25) is 0 Å². The normalized spacial score (nSPS) is 19.1. The van der Waals surface area contributed by atoms with Gasteiger partial charge in [-0.25, -0.2) is 4.39 Å². The van der Waals surface area contributed by atoms with E-state index in [1.54, 1.807) is 24.4 Å². The van der Waals surface area contributed by atoms with Crippen molar-refractivity contribution in [2.24, 2.45) is 5.16 Å². The molecule has 0 amide bonds. The molecule has 0 saturated carbocycles. The average molecular weight is 455 g/mol. The minimum absolute atomic E-state index is 0.00465. The maximum Gasteiger partial charge on any atom is 0.309 e. The van der Waals surface area contributed by atoms with Crippen LogP contribution in [-0.4, -0.2) is 41.6 Å². The van der Waals surface area contributed by atoms with E-state index >= 15 is 0 Å². The number of esters is 1. The minimum atomic E-state index is -0.729. The second-order valence-corrected chi connectivity index (χ2v) is 8.80. The maximum absolute atomic E-state index is 13.7. The predicted octanol–water partition coefficient (Wildman–Crippen LogP) is 5.19. The quantitative estimate of drug-likeness (QED) is 0.354. The lowest BCUT2D eigenvalue weighted by atomic mass is 9.87. The zero-order valence-corrected chi connectivity index (χ0v) is 19.7. The van der Waals surface area contributed by atoms with Gasteiger partial charge in [-0.3, -0.25) is 9.78 Å². The number of rotatable bonds is 7. The molecule has 0 radical (unpaired) electrons. The molecule has 1 saturated heterocycles. The molecule has 6 nitrogen and oxygen atoms in total. The molecular weight excluding hydrogens is 423 g/mol. The zero-order chi connectivity index (χ0) is 24.1. The first kappa shape index (κ1) is 24.6. The Hall–Kier alpha value is -3.06. The van der Waals surface area contributed by atoms with Gasteiger partial charge >= 0.3 is 5.97 Å². The highest BCUT2D eigenvalue weighted by molar-refractivity contribution is 5.95. The number of pyridine rings is 1. The standard InChI is InChI=1S/C26H31FN2O4/c1-15(2)25-21(11-10-20-12-19(30)13-23(31)33-20)24(17-6-8-18(27)9-7-17)22(14-28-32-5)26(29-25)16(3)4/h6-11,14-16,19-20,30H,12-13H2,1-5H3/b11-10+,28-14?/t19-,20-/m0/s1. The molecule has 1 fully saturated rings. The number of carbonyl (C=O) groups excluding carboxylic acids is 1. The first-order valence-electron chi connectivity index (χ1n) is 11.2. The van der Waals surface area contributed by atoms with E-state index in [2.05, 4.69) is 32.9 Å². The summed E-state index contributed by atoms with van der Waals surface area (Å²) < 4.78 is 19.1. The van der Waals surface area contributed by atoms with Crippen LogP contribution in [0.5, 0.6) is 0 Å². The Bertz CT molecular complexity index is 1050. The van der Waals surface area contributed by atoms with E-state index in [-0.39, 0.29) is 24.1 Å². The van der Waals surface area contributed by atoms with Gasteiger partial charge in [-0.1, -0.05) is 51.1 Å². The second kappa shape index (κ2) is 10.7. The van der Waals surface area contributed by atoms with Crippen molar-refractivity contribution in [3.8, 4) is 11.1 Å².